The topological polar surface area (TPSA) is 37.4 Å². The fraction of sp³-hybridized carbons (Fsp3) is 0.538. The van der Waals surface area contributed by atoms with Crippen LogP contribution in [0.1, 0.15) is 19.8 Å². The maximum Gasteiger partial charge on any atom is 0.243 e. The van der Waals surface area contributed by atoms with Crippen LogP contribution < -0.4 is 0 Å². The first-order chi connectivity index (χ1) is 8.51. The van der Waals surface area contributed by atoms with Crippen molar-refractivity contribution in [3.05, 3.63) is 30.3 Å². The van der Waals surface area contributed by atoms with Gasteiger partial charge in [-0.15, -0.1) is 0 Å². The molecule has 1 atom stereocenters. The summed E-state index contributed by atoms with van der Waals surface area (Å²) in [6.07, 6.45) is 1.86. The summed E-state index contributed by atoms with van der Waals surface area (Å²) in [7, 11) is -3.29. The molecule has 18 heavy (non-hydrogen) atoms. The Kier molecular flexibility index (Phi) is 4.45. The fourth-order valence-electron chi connectivity index (χ4n) is 2.32. The third-order valence-electron chi connectivity index (χ3n) is 3.53. The maximum absolute atomic E-state index is 12.4. The van der Waals surface area contributed by atoms with Gasteiger partial charge >= 0.3 is 0 Å². The van der Waals surface area contributed by atoms with Crippen molar-refractivity contribution < 1.29 is 8.42 Å². The van der Waals surface area contributed by atoms with Gasteiger partial charge in [0.05, 0.1) is 4.90 Å². The predicted molar refractivity (Wildman–Crippen MR) is 76.3 cm³/mol. The average molecular weight is 332 g/mol. The van der Waals surface area contributed by atoms with Crippen molar-refractivity contribution in [3.8, 4) is 0 Å². The number of alkyl halides is 1. The number of hydrogen-bond acceptors (Lipinski definition) is 2. The number of sulfonamides is 1. The molecule has 3 nitrogen and oxygen atoms in total. The Bertz CT molecular complexity index is 479. The van der Waals surface area contributed by atoms with Crippen molar-refractivity contribution >= 4 is 26.0 Å². The van der Waals surface area contributed by atoms with Crippen molar-refractivity contribution in [1.29, 1.82) is 0 Å². The van der Waals surface area contributed by atoms with Gasteiger partial charge in [0.2, 0.25) is 10.0 Å². The summed E-state index contributed by atoms with van der Waals surface area (Å²) >= 11 is 3.58. The van der Waals surface area contributed by atoms with Crippen LogP contribution in [0.4, 0.5) is 0 Å². The van der Waals surface area contributed by atoms with Gasteiger partial charge in [0.25, 0.3) is 0 Å². The standard InChI is InChI=1S/C13H18BrNO2S/c1-11(14)12-7-9-15(10-8-12)18(16,17)13-5-3-2-4-6-13/h2-6,11-12H,7-10H2,1H3. The molecule has 100 valence electrons. The molecule has 1 aliphatic heterocycles. The van der Waals surface area contributed by atoms with E-state index >= 15 is 0 Å². The zero-order valence-electron chi connectivity index (χ0n) is 10.4. The van der Waals surface area contributed by atoms with Gasteiger partial charge < -0.3 is 0 Å². The van der Waals surface area contributed by atoms with Crippen molar-refractivity contribution in [3.63, 3.8) is 0 Å². The zero-order chi connectivity index (χ0) is 13.2. The zero-order valence-corrected chi connectivity index (χ0v) is 12.8. The lowest BCUT2D eigenvalue weighted by atomic mass is 9.96. The van der Waals surface area contributed by atoms with Gasteiger partial charge in [0.15, 0.2) is 0 Å². The van der Waals surface area contributed by atoms with Gasteiger partial charge in [0.1, 0.15) is 0 Å². The lowest BCUT2D eigenvalue weighted by Crippen LogP contribution is -2.39. The van der Waals surface area contributed by atoms with Gasteiger partial charge in [-0.1, -0.05) is 41.1 Å². The Morgan fingerprint density at radius 2 is 1.78 bits per heavy atom. The number of benzene rings is 1. The Hall–Kier alpha value is -0.390. The number of hydrogen-bond donors (Lipinski definition) is 0. The van der Waals surface area contributed by atoms with Gasteiger partial charge in [-0.25, -0.2) is 8.42 Å². The van der Waals surface area contributed by atoms with E-state index in [0.29, 0.717) is 28.7 Å². The molecule has 1 aromatic rings. The van der Waals surface area contributed by atoms with Gasteiger partial charge in [-0.05, 0) is 30.9 Å². The number of piperidine rings is 1. The third-order valence-corrected chi connectivity index (χ3v) is 6.19. The van der Waals surface area contributed by atoms with E-state index in [-0.39, 0.29) is 0 Å². The minimum Gasteiger partial charge on any atom is -0.207 e. The second-order valence-electron chi connectivity index (χ2n) is 4.73. The molecule has 1 aromatic carbocycles. The first-order valence-corrected chi connectivity index (χ1v) is 8.56. The van der Waals surface area contributed by atoms with Crippen LogP contribution in [-0.4, -0.2) is 30.6 Å². The van der Waals surface area contributed by atoms with E-state index in [0.717, 1.165) is 12.8 Å². The van der Waals surface area contributed by atoms with Gasteiger partial charge in [-0.2, -0.15) is 4.31 Å². The molecule has 0 radical (unpaired) electrons. The van der Waals surface area contributed by atoms with Crippen LogP contribution in [0.5, 0.6) is 0 Å². The predicted octanol–water partition coefficient (Wildman–Crippen LogP) is 2.87. The normalized spacial score (nSPS) is 20.8. The van der Waals surface area contributed by atoms with E-state index in [9.17, 15) is 8.42 Å². The van der Waals surface area contributed by atoms with Crippen LogP contribution in [0.15, 0.2) is 35.2 Å². The Labute approximate surface area is 117 Å². The van der Waals surface area contributed by atoms with Crippen molar-refractivity contribution in [2.75, 3.05) is 13.1 Å². The molecule has 5 heteroatoms. The summed E-state index contributed by atoms with van der Waals surface area (Å²) in [4.78, 5) is 0.856. The molecule has 1 saturated heterocycles. The van der Waals surface area contributed by atoms with E-state index in [1.165, 1.54) is 0 Å². The van der Waals surface area contributed by atoms with Crippen LogP contribution in [-0.2, 0) is 10.0 Å². The Morgan fingerprint density at radius 1 is 1.22 bits per heavy atom. The van der Waals surface area contributed by atoms with E-state index in [2.05, 4.69) is 22.9 Å². The molecular weight excluding hydrogens is 314 g/mol. The summed E-state index contributed by atoms with van der Waals surface area (Å²) in [6.45, 7) is 3.38. The first kappa shape index (κ1) is 14.0. The minimum atomic E-state index is -3.29. The monoisotopic (exact) mass is 331 g/mol. The molecule has 0 aromatic heterocycles. The molecule has 0 saturated carbocycles. The van der Waals surface area contributed by atoms with Crippen LogP contribution in [0.25, 0.3) is 0 Å². The number of nitrogens with zero attached hydrogens (tertiary/aromatic N) is 1. The van der Waals surface area contributed by atoms with Crippen LogP contribution >= 0.6 is 15.9 Å². The molecule has 0 bridgehead atoms. The van der Waals surface area contributed by atoms with E-state index in [4.69, 9.17) is 0 Å². The maximum atomic E-state index is 12.4. The van der Waals surface area contributed by atoms with E-state index in [1.54, 1.807) is 28.6 Å². The second kappa shape index (κ2) is 5.72. The largest absolute Gasteiger partial charge is 0.243 e. The highest BCUT2D eigenvalue weighted by Crippen LogP contribution is 2.28. The fourth-order valence-corrected chi connectivity index (χ4v) is 4.34. The Morgan fingerprint density at radius 3 is 2.28 bits per heavy atom. The summed E-state index contributed by atoms with van der Waals surface area (Å²) in [6, 6.07) is 8.68. The lowest BCUT2D eigenvalue weighted by Gasteiger charge is -2.32. The van der Waals surface area contributed by atoms with Crippen molar-refractivity contribution in [2.45, 2.75) is 29.5 Å². The minimum absolute atomic E-state index is 0.398. The molecule has 1 heterocycles. The molecule has 0 aliphatic carbocycles. The highest BCUT2D eigenvalue weighted by Gasteiger charge is 2.30. The number of halogens is 1. The van der Waals surface area contributed by atoms with Crippen molar-refractivity contribution in [2.24, 2.45) is 5.92 Å². The summed E-state index contributed by atoms with van der Waals surface area (Å²) < 4.78 is 26.4. The van der Waals surface area contributed by atoms with Gasteiger partial charge in [0, 0.05) is 17.9 Å². The highest BCUT2D eigenvalue weighted by molar-refractivity contribution is 9.09. The molecule has 1 unspecified atom stereocenters. The van der Waals surface area contributed by atoms with E-state index < -0.39 is 10.0 Å². The van der Waals surface area contributed by atoms with Crippen LogP contribution in [0.3, 0.4) is 0 Å². The summed E-state index contributed by atoms with van der Waals surface area (Å²) in [5.41, 5.74) is 0. The molecule has 2 rings (SSSR count). The SMILES string of the molecule is CC(Br)C1CCN(S(=O)(=O)c2ccccc2)CC1. The van der Waals surface area contributed by atoms with Crippen LogP contribution in [0, 0.1) is 5.92 Å². The van der Waals surface area contributed by atoms with E-state index in [1.807, 2.05) is 6.07 Å². The third kappa shape index (κ3) is 2.95. The van der Waals surface area contributed by atoms with Crippen molar-refractivity contribution in [1.82, 2.24) is 4.31 Å². The molecular formula is C13H18BrNO2S. The highest BCUT2D eigenvalue weighted by atomic mass is 79.9. The number of rotatable bonds is 3. The Balaban J connectivity index is 2.10. The van der Waals surface area contributed by atoms with Crippen LogP contribution in [0.2, 0.25) is 0 Å². The lowest BCUT2D eigenvalue weighted by molar-refractivity contribution is 0.275. The smallest absolute Gasteiger partial charge is 0.207 e. The molecule has 0 spiro atoms. The van der Waals surface area contributed by atoms with Gasteiger partial charge in [-0.3, -0.25) is 0 Å². The molecule has 1 fully saturated rings. The second-order valence-corrected chi connectivity index (χ2v) is 8.11. The molecule has 0 N–H and O–H groups in total. The summed E-state index contributed by atoms with van der Waals surface area (Å²) in [5, 5.41) is 0. The average Bonchev–Trinajstić information content (AvgIpc) is 2.40. The molecule has 0 amide bonds. The molecule has 1 aliphatic rings. The first-order valence-electron chi connectivity index (χ1n) is 6.21. The quantitative estimate of drug-likeness (QED) is 0.798. The summed E-state index contributed by atoms with van der Waals surface area (Å²) in [5.74, 6) is 0.576.